The van der Waals surface area contributed by atoms with Crippen LogP contribution in [0.25, 0.3) is 11.0 Å². The highest BCUT2D eigenvalue weighted by Crippen LogP contribution is 2.27. The predicted molar refractivity (Wildman–Crippen MR) is 118 cm³/mol. The second kappa shape index (κ2) is 8.39. The van der Waals surface area contributed by atoms with Crippen molar-refractivity contribution in [3.05, 3.63) is 64.0 Å². The third-order valence-electron chi connectivity index (χ3n) is 6.16. The number of hydrogen-bond acceptors (Lipinski definition) is 5. The Labute approximate surface area is 181 Å². The number of imidazole rings is 1. The lowest BCUT2D eigenvalue weighted by molar-refractivity contribution is -0.384. The summed E-state index contributed by atoms with van der Waals surface area (Å²) in [5.74, 6) is 0.740. The fraction of sp³-hybridized carbons (Fsp3) is 0.409. The van der Waals surface area contributed by atoms with E-state index in [1.807, 2.05) is 23.6 Å². The third kappa shape index (κ3) is 4.20. The van der Waals surface area contributed by atoms with E-state index in [1.165, 1.54) is 22.9 Å². The second-order valence-electron chi connectivity index (χ2n) is 8.13. The first-order valence-corrected chi connectivity index (χ1v) is 11.9. The van der Waals surface area contributed by atoms with E-state index < -0.39 is 14.9 Å². The zero-order valence-corrected chi connectivity index (χ0v) is 18.5. The van der Waals surface area contributed by atoms with Gasteiger partial charge in [0, 0.05) is 31.8 Å². The molecule has 1 saturated carbocycles. The molecule has 9 heteroatoms. The molecule has 0 bridgehead atoms. The highest BCUT2D eigenvalue weighted by Gasteiger charge is 2.29. The van der Waals surface area contributed by atoms with Crippen LogP contribution < -0.4 is 0 Å². The molecule has 0 saturated heterocycles. The maximum absolute atomic E-state index is 13.0. The highest BCUT2D eigenvalue weighted by atomic mass is 32.2. The fourth-order valence-electron chi connectivity index (χ4n) is 4.31. The Morgan fingerprint density at radius 1 is 1.13 bits per heavy atom. The first-order valence-electron chi connectivity index (χ1n) is 10.5. The Balaban J connectivity index is 1.56. The molecule has 1 aromatic heterocycles. The largest absolute Gasteiger partial charge is 0.324 e. The number of aromatic nitrogens is 2. The van der Waals surface area contributed by atoms with Crippen LogP contribution in [0.2, 0.25) is 0 Å². The van der Waals surface area contributed by atoms with Gasteiger partial charge in [-0.05, 0) is 43.5 Å². The van der Waals surface area contributed by atoms with Crippen molar-refractivity contribution in [2.45, 2.75) is 56.5 Å². The van der Waals surface area contributed by atoms with Crippen LogP contribution in [0.3, 0.4) is 0 Å². The summed E-state index contributed by atoms with van der Waals surface area (Å²) in [6.45, 7) is 2.35. The molecule has 8 nitrogen and oxygen atoms in total. The molecule has 164 valence electrons. The Bertz CT molecular complexity index is 1210. The minimum absolute atomic E-state index is 0.00814. The van der Waals surface area contributed by atoms with Gasteiger partial charge < -0.3 is 4.57 Å². The first kappa shape index (κ1) is 21.5. The number of nitro benzene ring substituents is 1. The zero-order chi connectivity index (χ0) is 22.2. The van der Waals surface area contributed by atoms with Gasteiger partial charge in [0.15, 0.2) is 0 Å². The molecule has 1 aliphatic rings. The van der Waals surface area contributed by atoms with E-state index in [0.29, 0.717) is 17.0 Å². The number of benzene rings is 2. The van der Waals surface area contributed by atoms with Gasteiger partial charge in [0.05, 0.1) is 20.9 Å². The van der Waals surface area contributed by atoms with Crippen LogP contribution in [0, 0.1) is 17.0 Å². The summed E-state index contributed by atoms with van der Waals surface area (Å²) < 4.78 is 29.6. The quantitative estimate of drug-likeness (QED) is 0.420. The molecule has 0 spiro atoms. The SMILES string of the molecule is Cc1nc2cc([N+](=O)[O-])ccc2n1Cc1ccc(S(=O)(=O)N(C)C2CCCCC2)cc1. The number of rotatable bonds is 6. The molecule has 0 unspecified atom stereocenters. The van der Waals surface area contributed by atoms with Crippen LogP contribution in [-0.2, 0) is 16.6 Å². The highest BCUT2D eigenvalue weighted by molar-refractivity contribution is 7.89. The Hall–Kier alpha value is -2.78. The lowest BCUT2D eigenvalue weighted by Gasteiger charge is -2.30. The molecule has 1 fully saturated rings. The van der Waals surface area contributed by atoms with Gasteiger partial charge in [-0.1, -0.05) is 31.4 Å². The topological polar surface area (TPSA) is 98.3 Å². The monoisotopic (exact) mass is 442 g/mol. The summed E-state index contributed by atoms with van der Waals surface area (Å²) >= 11 is 0. The summed E-state index contributed by atoms with van der Waals surface area (Å²) in [5.41, 5.74) is 2.31. The van der Waals surface area contributed by atoms with Crippen molar-refractivity contribution in [1.82, 2.24) is 13.9 Å². The number of nitro groups is 1. The lowest BCUT2D eigenvalue weighted by Crippen LogP contribution is -2.38. The minimum atomic E-state index is -3.52. The first-order chi connectivity index (χ1) is 14.8. The van der Waals surface area contributed by atoms with Crippen molar-refractivity contribution < 1.29 is 13.3 Å². The predicted octanol–water partition coefficient (Wildman–Crippen LogP) is 4.25. The molecule has 0 atom stereocenters. The van der Waals surface area contributed by atoms with Crippen molar-refractivity contribution in [2.24, 2.45) is 0 Å². The van der Waals surface area contributed by atoms with Gasteiger partial charge in [0.2, 0.25) is 10.0 Å². The fourth-order valence-corrected chi connectivity index (χ4v) is 5.72. The van der Waals surface area contributed by atoms with Gasteiger partial charge in [-0.3, -0.25) is 10.1 Å². The van der Waals surface area contributed by atoms with E-state index in [2.05, 4.69) is 4.98 Å². The molecule has 1 heterocycles. The molecule has 0 N–H and O–H groups in total. The summed E-state index contributed by atoms with van der Waals surface area (Å²) in [5, 5.41) is 11.0. The van der Waals surface area contributed by atoms with Gasteiger partial charge in [-0.25, -0.2) is 13.4 Å². The van der Waals surface area contributed by atoms with Crippen LogP contribution in [0.4, 0.5) is 5.69 Å². The third-order valence-corrected chi connectivity index (χ3v) is 8.09. The van der Waals surface area contributed by atoms with E-state index >= 15 is 0 Å². The van der Waals surface area contributed by atoms with Gasteiger partial charge in [0.25, 0.3) is 5.69 Å². The van der Waals surface area contributed by atoms with E-state index in [9.17, 15) is 18.5 Å². The number of aryl methyl sites for hydroxylation is 1. The molecule has 31 heavy (non-hydrogen) atoms. The van der Waals surface area contributed by atoms with Crippen LogP contribution >= 0.6 is 0 Å². The van der Waals surface area contributed by atoms with Crippen molar-refractivity contribution in [3.8, 4) is 0 Å². The molecule has 0 radical (unpaired) electrons. The van der Waals surface area contributed by atoms with Gasteiger partial charge in [-0.15, -0.1) is 0 Å². The van der Waals surface area contributed by atoms with Crippen LogP contribution in [-0.4, -0.2) is 40.3 Å². The normalized spacial score (nSPS) is 15.6. The van der Waals surface area contributed by atoms with Crippen LogP contribution in [0.5, 0.6) is 0 Å². The maximum Gasteiger partial charge on any atom is 0.271 e. The minimum Gasteiger partial charge on any atom is -0.324 e. The average molecular weight is 443 g/mol. The second-order valence-corrected chi connectivity index (χ2v) is 10.1. The van der Waals surface area contributed by atoms with E-state index in [4.69, 9.17) is 0 Å². The standard InChI is InChI=1S/C22H26N4O4S/c1-16-23-21-14-19(26(27)28)10-13-22(21)25(16)15-17-8-11-20(12-9-17)31(29,30)24(2)18-6-4-3-5-7-18/h8-14,18H,3-7,15H2,1-2H3. The lowest BCUT2D eigenvalue weighted by atomic mass is 9.96. The van der Waals surface area contributed by atoms with E-state index in [1.54, 1.807) is 25.2 Å². The Morgan fingerprint density at radius 3 is 2.45 bits per heavy atom. The number of hydrogen-bond donors (Lipinski definition) is 0. The maximum atomic E-state index is 13.0. The number of fused-ring (bicyclic) bond motifs is 1. The number of nitrogens with zero attached hydrogens (tertiary/aromatic N) is 4. The van der Waals surface area contributed by atoms with E-state index in [0.717, 1.165) is 42.6 Å². The van der Waals surface area contributed by atoms with E-state index in [-0.39, 0.29) is 11.7 Å². The Morgan fingerprint density at radius 2 is 1.81 bits per heavy atom. The number of non-ortho nitro benzene ring substituents is 1. The van der Waals surface area contributed by atoms with Gasteiger partial charge >= 0.3 is 0 Å². The van der Waals surface area contributed by atoms with Crippen LogP contribution in [0.1, 0.15) is 43.5 Å². The molecular weight excluding hydrogens is 416 g/mol. The molecule has 1 aliphatic carbocycles. The average Bonchev–Trinajstić information content (AvgIpc) is 3.08. The van der Waals surface area contributed by atoms with Crippen molar-refractivity contribution in [1.29, 1.82) is 0 Å². The smallest absolute Gasteiger partial charge is 0.271 e. The van der Waals surface area contributed by atoms with Gasteiger partial charge in [0.1, 0.15) is 5.82 Å². The summed E-state index contributed by atoms with van der Waals surface area (Å²) in [4.78, 5) is 15.3. The summed E-state index contributed by atoms with van der Waals surface area (Å²) in [6.07, 6.45) is 5.16. The van der Waals surface area contributed by atoms with Crippen molar-refractivity contribution in [2.75, 3.05) is 7.05 Å². The Kier molecular flexibility index (Phi) is 5.81. The summed E-state index contributed by atoms with van der Waals surface area (Å²) in [6, 6.07) is 11.7. The zero-order valence-electron chi connectivity index (χ0n) is 17.7. The number of sulfonamides is 1. The van der Waals surface area contributed by atoms with Gasteiger partial charge in [-0.2, -0.15) is 4.31 Å². The molecule has 0 aliphatic heterocycles. The molecular formula is C22H26N4O4S. The molecule has 4 rings (SSSR count). The molecule has 2 aromatic carbocycles. The summed E-state index contributed by atoms with van der Waals surface area (Å²) in [7, 11) is -1.84. The van der Waals surface area contributed by atoms with Crippen molar-refractivity contribution in [3.63, 3.8) is 0 Å². The van der Waals surface area contributed by atoms with Crippen molar-refractivity contribution >= 4 is 26.7 Å². The molecule has 0 amide bonds. The van der Waals surface area contributed by atoms with Crippen LogP contribution in [0.15, 0.2) is 47.4 Å². The molecule has 3 aromatic rings.